The Morgan fingerprint density at radius 3 is 2.57 bits per heavy atom. The lowest BCUT2D eigenvalue weighted by Gasteiger charge is -2.18. The molecule has 0 fully saturated rings. The van der Waals surface area contributed by atoms with Gasteiger partial charge in [0.25, 0.3) is 0 Å². The zero-order chi connectivity index (χ0) is 10.6. The van der Waals surface area contributed by atoms with E-state index in [1.807, 2.05) is 0 Å². The lowest BCUT2D eigenvalue weighted by Crippen LogP contribution is -2.08. The second-order valence-corrected chi connectivity index (χ2v) is 5.05. The van der Waals surface area contributed by atoms with Gasteiger partial charge in [-0.1, -0.05) is 38.1 Å². The van der Waals surface area contributed by atoms with Crippen molar-refractivity contribution < 1.29 is 4.43 Å². The molecule has 14 heavy (non-hydrogen) atoms. The number of hydrogen-bond donors (Lipinski definition) is 1. The lowest BCUT2D eigenvalue weighted by molar-refractivity contribution is 0.336. The standard InChI is InChI=1S/C11H18OSSi/c1-8(9(2)13)11-6-4-3-5-10(11)7-12-14/h3-6,8-9,13H,7H2,1-2,14H3. The van der Waals surface area contributed by atoms with Crippen LogP contribution in [0, 0.1) is 0 Å². The highest BCUT2D eigenvalue weighted by molar-refractivity contribution is 7.81. The number of benzene rings is 1. The predicted octanol–water partition coefficient (Wildman–Crippen LogP) is 1.91. The molecular weight excluding hydrogens is 208 g/mol. The van der Waals surface area contributed by atoms with Crippen LogP contribution in [0.3, 0.4) is 0 Å². The zero-order valence-corrected chi connectivity index (χ0v) is 11.9. The highest BCUT2D eigenvalue weighted by atomic mass is 32.1. The molecule has 0 aromatic heterocycles. The van der Waals surface area contributed by atoms with E-state index in [9.17, 15) is 0 Å². The van der Waals surface area contributed by atoms with E-state index in [0.717, 1.165) is 17.1 Å². The van der Waals surface area contributed by atoms with Crippen LogP contribution in [0.5, 0.6) is 0 Å². The first kappa shape index (κ1) is 11.8. The van der Waals surface area contributed by atoms with E-state index >= 15 is 0 Å². The van der Waals surface area contributed by atoms with Crippen LogP contribution < -0.4 is 0 Å². The Hall–Kier alpha value is -0.253. The van der Waals surface area contributed by atoms with Gasteiger partial charge in [-0.15, -0.1) is 0 Å². The number of rotatable bonds is 4. The van der Waals surface area contributed by atoms with Gasteiger partial charge in [-0.25, -0.2) is 0 Å². The number of hydrogen-bond acceptors (Lipinski definition) is 2. The van der Waals surface area contributed by atoms with Crippen LogP contribution in [0.1, 0.15) is 30.9 Å². The van der Waals surface area contributed by atoms with Crippen molar-refractivity contribution in [1.29, 1.82) is 0 Å². The summed E-state index contributed by atoms with van der Waals surface area (Å²) >= 11 is 4.49. The molecular formula is C11H18OSSi. The molecule has 2 unspecified atom stereocenters. The minimum atomic E-state index is 0.380. The SMILES string of the molecule is CC(S)C(C)c1ccccc1CO[SiH3]. The highest BCUT2D eigenvalue weighted by Gasteiger charge is 2.13. The average molecular weight is 226 g/mol. The first-order valence-electron chi connectivity index (χ1n) is 4.91. The summed E-state index contributed by atoms with van der Waals surface area (Å²) in [5.41, 5.74) is 2.67. The molecule has 0 aliphatic heterocycles. The van der Waals surface area contributed by atoms with Crippen molar-refractivity contribution in [3.05, 3.63) is 35.4 Å². The third-order valence-electron chi connectivity index (χ3n) is 2.57. The molecule has 0 radical (unpaired) electrons. The Kier molecular flexibility index (Phi) is 4.71. The molecule has 0 N–H and O–H groups in total. The molecule has 0 amide bonds. The smallest absolute Gasteiger partial charge is 0.146 e. The number of thiol groups is 1. The molecule has 0 bridgehead atoms. The quantitative estimate of drug-likeness (QED) is 0.609. The largest absolute Gasteiger partial charge is 0.424 e. The summed E-state index contributed by atoms with van der Waals surface area (Å²) in [7, 11) is 0.795. The summed E-state index contributed by atoms with van der Waals surface area (Å²) in [6.07, 6.45) is 0. The van der Waals surface area contributed by atoms with Gasteiger partial charge < -0.3 is 4.43 Å². The van der Waals surface area contributed by atoms with Gasteiger partial charge in [0, 0.05) is 5.25 Å². The summed E-state index contributed by atoms with van der Waals surface area (Å²) in [5.74, 6) is 0.478. The summed E-state index contributed by atoms with van der Waals surface area (Å²) < 4.78 is 5.31. The van der Waals surface area contributed by atoms with Crippen LogP contribution in [0.25, 0.3) is 0 Å². The third-order valence-corrected chi connectivity index (χ3v) is 3.30. The molecule has 1 rings (SSSR count). The molecule has 0 aliphatic rings. The van der Waals surface area contributed by atoms with Crippen molar-refractivity contribution in [2.24, 2.45) is 0 Å². The van der Waals surface area contributed by atoms with Crippen LogP contribution >= 0.6 is 12.6 Å². The van der Waals surface area contributed by atoms with Gasteiger partial charge in [-0.05, 0) is 17.0 Å². The Balaban J connectivity index is 2.94. The van der Waals surface area contributed by atoms with Gasteiger partial charge in [-0.3, -0.25) is 0 Å². The highest BCUT2D eigenvalue weighted by Crippen LogP contribution is 2.25. The van der Waals surface area contributed by atoms with Gasteiger partial charge in [0.15, 0.2) is 0 Å². The van der Waals surface area contributed by atoms with Crippen LogP contribution in [0.2, 0.25) is 0 Å². The van der Waals surface area contributed by atoms with Crippen molar-refractivity contribution >= 4 is 23.1 Å². The van der Waals surface area contributed by atoms with Crippen molar-refractivity contribution in [1.82, 2.24) is 0 Å². The topological polar surface area (TPSA) is 9.23 Å². The van der Waals surface area contributed by atoms with Gasteiger partial charge in [-0.2, -0.15) is 12.6 Å². The molecule has 2 atom stereocenters. The van der Waals surface area contributed by atoms with Crippen LogP contribution in [-0.2, 0) is 11.0 Å². The van der Waals surface area contributed by atoms with Gasteiger partial charge in [0.1, 0.15) is 10.5 Å². The Labute approximate surface area is 94.8 Å². The second-order valence-electron chi connectivity index (χ2n) is 3.66. The third kappa shape index (κ3) is 2.87. The molecule has 78 valence electrons. The van der Waals surface area contributed by atoms with Crippen molar-refractivity contribution in [2.45, 2.75) is 31.6 Å². The molecule has 1 nitrogen and oxygen atoms in total. The van der Waals surface area contributed by atoms with E-state index in [0.29, 0.717) is 11.2 Å². The Morgan fingerprint density at radius 1 is 1.36 bits per heavy atom. The fraction of sp³-hybridized carbons (Fsp3) is 0.455. The van der Waals surface area contributed by atoms with Crippen LogP contribution in [-0.4, -0.2) is 15.7 Å². The van der Waals surface area contributed by atoms with E-state index in [1.165, 1.54) is 11.1 Å². The van der Waals surface area contributed by atoms with Gasteiger partial charge >= 0.3 is 0 Å². The zero-order valence-electron chi connectivity index (χ0n) is 9.03. The lowest BCUT2D eigenvalue weighted by atomic mass is 9.94. The average Bonchev–Trinajstić information content (AvgIpc) is 2.18. The molecule has 1 aromatic rings. The Bertz CT molecular complexity index is 288. The fourth-order valence-electron chi connectivity index (χ4n) is 1.53. The van der Waals surface area contributed by atoms with Crippen LogP contribution in [0.15, 0.2) is 24.3 Å². The molecule has 0 aliphatic carbocycles. The predicted molar refractivity (Wildman–Crippen MR) is 68.0 cm³/mol. The fourth-order valence-corrected chi connectivity index (χ4v) is 2.00. The molecule has 1 aromatic carbocycles. The molecule has 3 heteroatoms. The van der Waals surface area contributed by atoms with Crippen molar-refractivity contribution in [2.75, 3.05) is 0 Å². The summed E-state index contributed by atoms with van der Waals surface area (Å²) in [6, 6.07) is 8.46. The minimum Gasteiger partial charge on any atom is -0.424 e. The molecule has 0 saturated heterocycles. The molecule has 0 heterocycles. The van der Waals surface area contributed by atoms with E-state index in [-0.39, 0.29) is 0 Å². The van der Waals surface area contributed by atoms with E-state index in [1.54, 1.807) is 0 Å². The maximum atomic E-state index is 5.31. The molecule has 0 saturated carbocycles. The van der Waals surface area contributed by atoms with E-state index in [4.69, 9.17) is 4.43 Å². The van der Waals surface area contributed by atoms with E-state index < -0.39 is 0 Å². The normalized spacial score (nSPS) is 15.4. The first-order chi connectivity index (χ1) is 6.66. The maximum absolute atomic E-state index is 5.31. The maximum Gasteiger partial charge on any atom is 0.146 e. The first-order valence-corrected chi connectivity index (χ1v) is 6.25. The van der Waals surface area contributed by atoms with Gasteiger partial charge in [0.05, 0.1) is 6.61 Å². The van der Waals surface area contributed by atoms with Gasteiger partial charge in [0.2, 0.25) is 0 Å². The second kappa shape index (κ2) is 5.58. The van der Waals surface area contributed by atoms with E-state index in [2.05, 4.69) is 50.7 Å². The minimum absolute atomic E-state index is 0.380. The molecule has 0 spiro atoms. The van der Waals surface area contributed by atoms with Crippen LogP contribution in [0.4, 0.5) is 0 Å². The Morgan fingerprint density at radius 2 is 2.00 bits per heavy atom. The van der Waals surface area contributed by atoms with Crippen molar-refractivity contribution in [3.8, 4) is 0 Å². The summed E-state index contributed by atoms with van der Waals surface area (Å²) in [6.45, 7) is 5.09. The summed E-state index contributed by atoms with van der Waals surface area (Å²) in [4.78, 5) is 0. The summed E-state index contributed by atoms with van der Waals surface area (Å²) in [5, 5.41) is 0.380. The van der Waals surface area contributed by atoms with Crippen molar-refractivity contribution in [3.63, 3.8) is 0 Å². The monoisotopic (exact) mass is 226 g/mol.